The Balaban J connectivity index is 1.47. The van der Waals surface area contributed by atoms with Crippen LogP contribution in [0.3, 0.4) is 0 Å². The highest BCUT2D eigenvalue weighted by Crippen LogP contribution is 2.16. The van der Waals surface area contributed by atoms with E-state index in [-0.39, 0.29) is 5.56 Å². The lowest BCUT2D eigenvalue weighted by Crippen LogP contribution is -2.40. The number of carboxylic acid groups (broad SMARTS) is 1. The standard InChI is InChI=1S/C16H20N4O4/c21-16(22)13-3-1-12(2-4-13)15-18-14(24-19-15)11-17-5-6-20-7-9-23-10-8-20/h1-4,17H,5-11H2,(H,21,22). The van der Waals surface area contributed by atoms with Crippen LogP contribution in [0.15, 0.2) is 28.8 Å². The van der Waals surface area contributed by atoms with Crippen LogP contribution < -0.4 is 5.32 Å². The summed E-state index contributed by atoms with van der Waals surface area (Å²) >= 11 is 0. The fraction of sp³-hybridized carbons (Fsp3) is 0.438. The first-order valence-corrected chi connectivity index (χ1v) is 7.89. The van der Waals surface area contributed by atoms with Gasteiger partial charge in [0.05, 0.1) is 25.3 Å². The molecule has 1 fully saturated rings. The monoisotopic (exact) mass is 332 g/mol. The van der Waals surface area contributed by atoms with Crippen LogP contribution >= 0.6 is 0 Å². The molecule has 0 aliphatic carbocycles. The van der Waals surface area contributed by atoms with E-state index in [2.05, 4.69) is 20.4 Å². The molecule has 0 bridgehead atoms. The molecule has 1 aromatic heterocycles. The summed E-state index contributed by atoms with van der Waals surface area (Å²) in [4.78, 5) is 17.5. The zero-order chi connectivity index (χ0) is 16.8. The summed E-state index contributed by atoms with van der Waals surface area (Å²) < 4.78 is 10.5. The molecule has 8 nitrogen and oxygen atoms in total. The summed E-state index contributed by atoms with van der Waals surface area (Å²) in [5.74, 6) is 0.00558. The van der Waals surface area contributed by atoms with Gasteiger partial charge in [-0.25, -0.2) is 4.79 Å². The van der Waals surface area contributed by atoms with Gasteiger partial charge < -0.3 is 19.7 Å². The number of carboxylic acids is 1. The zero-order valence-corrected chi connectivity index (χ0v) is 13.3. The second kappa shape index (κ2) is 8.00. The maximum atomic E-state index is 10.8. The number of ether oxygens (including phenoxy) is 1. The number of aromatic carboxylic acids is 1. The van der Waals surface area contributed by atoms with Gasteiger partial charge in [-0.3, -0.25) is 4.90 Å². The van der Waals surface area contributed by atoms with Gasteiger partial charge in [-0.15, -0.1) is 0 Å². The average Bonchev–Trinajstić information content (AvgIpc) is 3.09. The van der Waals surface area contributed by atoms with Crippen molar-refractivity contribution in [2.45, 2.75) is 6.54 Å². The molecule has 0 saturated carbocycles. The van der Waals surface area contributed by atoms with E-state index in [1.165, 1.54) is 12.1 Å². The third-order valence-electron chi connectivity index (χ3n) is 3.84. The maximum Gasteiger partial charge on any atom is 0.335 e. The SMILES string of the molecule is O=C(O)c1ccc(-c2noc(CNCCN3CCOCC3)n2)cc1. The van der Waals surface area contributed by atoms with Crippen LogP contribution in [0, 0.1) is 0 Å². The Morgan fingerprint density at radius 1 is 1.25 bits per heavy atom. The first-order valence-electron chi connectivity index (χ1n) is 7.89. The summed E-state index contributed by atoms with van der Waals surface area (Å²) in [6, 6.07) is 6.39. The number of rotatable bonds is 7. The van der Waals surface area contributed by atoms with Crippen LogP contribution in [0.4, 0.5) is 0 Å². The van der Waals surface area contributed by atoms with E-state index in [0.29, 0.717) is 18.3 Å². The Labute approximate surface area is 139 Å². The molecule has 2 aromatic rings. The van der Waals surface area contributed by atoms with Crippen molar-refractivity contribution in [3.05, 3.63) is 35.7 Å². The third kappa shape index (κ3) is 4.38. The van der Waals surface area contributed by atoms with Crippen molar-refractivity contribution in [1.29, 1.82) is 0 Å². The molecule has 0 atom stereocenters. The van der Waals surface area contributed by atoms with Crippen molar-refractivity contribution >= 4 is 5.97 Å². The number of benzene rings is 1. The summed E-state index contributed by atoms with van der Waals surface area (Å²) in [5, 5.41) is 16.1. The second-order valence-electron chi connectivity index (χ2n) is 5.53. The van der Waals surface area contributed by atoms with Gasteiger partial charge in [0, 0.05) is 31.7 Å². The number of aromatic nitrogens is 2. The Hall–Kier alpha value is -2.29. The predicted molar refractivity (Wildman–Crippen MR) is 85.7 cm³/mol. The van der Waals surface area contributed by atoms with Crippen molar-refractivity contribution < 1.29 is 19.2 Å². The summed E-state index contributed by atoms with van der Waals surface area (Å²) in [6.45, 7) is 5.84. The highest BCUT2D eigenvalue weighted by Gasteiger charge is 2.11. The average molecular weight is 332 g/mol. The molecule has 128 valence electrons. The molecule has 1 saturated heterocycles. The van der Waals surface area contributed by atoms with Crippen molar-refractivity contribution in [1.82, 2.24) is 20.4 Å². The molecular formula is C16H20N4O4. The van der Waals surface area contributed by atoms with Crippen molar-refractivity contribution in [3.8, 4) is 11.4 Å². The van der Waals surface area contributed by atoms with Crippen LogP contribution in [0.25, 0.3) is 11.4 Å². The normalized spacial score (nSPS) is 15.5. The second-order valence-corrected chi connectivity index (χ2v) is 5.53. The number of nitrogens with one attached hydrogen (secondary N) is 1. The molecule has 0 radical (unpaired) electrons. The molecular weight excluding hydrogens is 312 g/mol. The lowest BCUT2D eigenvalue weighted by atomic mass is 10.1. The van der Waals surface area contributed by atoms with Crippen molar-refractivity contribution in [2.75, 3.05) is 39.4 Å². The molecule has 1 aliphatic heterocycles. The van der Waals surface area contributed by atoms with Crippen LogP contribution in [-0.4, -0.2) is 65.5 Å². The Morgan fingerprint density at radius 3 is 2.71 bits per heavy atom. The van der Waals surface area contributed by atoms with Crippen molar-refractivity contribution in [2.24, 2.45) is 0 Å². The van der Waals surface area contributed by atoms with Gasteiger partial charge in [0.25, 0.3) is 0 Å². The molecule has 1 aromatic carbocycles. The molecule has 0 spiro atoms. The number of nitrogens with zero attached hydrogens (tertiary/aromatic N) is 3. The van der Waals surface area contributed by atoms with Gasteiger partial charge in [0.2, 0.25) is 11.7 Å². The molecule has 2 N–H and O–H groups in total. The number of carbonyl (C=O) groups is 1. The first kappa shape index (κ1) is 16.6. The number of hydrogen-bond donors (Lipinski definition) is 2. The van der Waals surface area contributed by atoms with Gasteiger partial charge in [0.1, 0.15) is 0 Å². The smallest absolute Gasteiger partial charge is 0.335 e. The lowest BCUT2D eigenvalue weighted by molar-refractivity contribution is 0.0383. The van der Waals surface area contributed by atoms with E-state index in [4.69, 9.17) is 14.4 Å². The topological polar surface area (TPSA) is 101 Å². The number of hydrogen-bond acceptors (Lipinski definition) is 7. The van der Waals surface area contributed by atoms with Gasteiger partial charge in [-0.05, 0) is 12.1 Å². The van der Waals surface area contributed by atoms with E-state index in [9.17, 15) is 4.79 Å². The van der Waals surface area contributed by atoms with E-state index in [1.54, 1.807) is 12.1 Å². The van der Waals surface area contributed by atoms with Crippen LogP contribution in [0.1, 0.15) is 16.2 Å². The minimum atomic E-state index is -0.959. The fourth-order valence-corrected chi connectivity index (χ4v) is 2.46. The van der Waals surface area contributed by atoms with E-state index < -0.39 is 5.97 Å². The van der Waals surface area contributed by atoms with Crippen LogP contribution in [0.2, 0.25) is 0 Å². The lowest BCUT2D eigenvalue weighted by Gasteiger charge is -2.26. The quantitative estimate of drug-likeness (QED) is 0.720. The molecule has 3 rings (SSSR count). The minimum absolute atomic E-state index is 0.229. The Bertz CT molecular complexity index is 665. The molecule has 24 heavy (non-hydrogen) atoms. The molecule has 1 aliphatic rings. The largest absolute Gasteiger partial charge is 0.478 e. The first-order chi connectivity index (χ1) is 11.7. The highest BCUT2D eigenvalue weighted by molar-refractivity contribution is 5.88. The van der Waals surface area contributed by atoms with Gasteiger partial charge >= 0.3 is 5.97 Å². The molecule has 8 heteroatoms. The molecule has 0 amide bonds. The van der Waals surface area contributed by atoms with E-state index in [1.807, 2.05) is 0 Å². The van der Waals surface area contributed by atoms with Gasteiger partial charge in [0.15, 0.2) is 0 Å². The zero-order valence-electron chi connectivity index (χ0n) is 13.3. The predicted octanol–water partition coefficient (Wildman–Crippen LogP) is 0.857. The van der Waals surface area contributed by atoms with Gasteiger partial charge in [-0.2, -0.15) is 4.98 Å². The summed E-state index contributed by atoms with van der Waals surface area (Å²) in [6.07, 6.45) is 0. The summed E-state index contributed by atoms with van der Waals surface area (Å²) in [7, 11) is 0. The van der Waals surface area contributed by atoms with Crippen LogP contribution in [0.5, 0.6) is 0 Å². The van der Waals surface area contributed by atoms with E-state index >= 15 is 0 Å². The summed E-state index contributed by atoms with van der Waals surface area (Å²) in [5.41, 5.74) is 0.954. The van der Waals surface area contributed by atoms with Crippen molar-refractivity contribution in [3.63, 3.8) is 0 Å². The minimum Gasteiger partial charge on any atom is -0.478 e. The third-order valence-corrected chi connectivity index (χ3v) is 3.84. The van der Waals surface area contributed by atoms with E-state index in [0.717, 1.165) is 45.0 Å². The molecule has 0 unspecified atom stereocenters. The van der Waals surface area contributed by atoms with Crippen LogP contribution in [-0.2, 0) is 11.3 Å². The molecule has 2 heterocycles. The fourth-order valence-electron chi connectivity index (χ4n) is 2.46. The Kier molecular flexibility index (Phi) is 5.52. The number of morpholine rings is 1. The highest BCUT2D eigenvalue weighted by atomic mass is 16.5. The maximum absolute atomic E-state index is 10.8. The Morgan fingerprint density at radius 2 is 2.00 bits per heavy atom. The van der Waals surface area contributed by atoms with Gasteiger partial charge in [-0.1, -0.05) is 17.3 Å².